The van der Waals surface area contributed by atoms with E-state index in [9.17, 15) is 34.8 Å². The van der Waals surface area contributed by atoms with E-state index < -0.39 is 62.0 Å². The highest BCUT2D eigenvalue weighted by molar-refractivity contribution is 7.93. The van der Waals surface area contributed by atoms with Gasteiger partial charge in [-0.1, -0.05) is 5.92 Å². The zero-order valence-corrected chi connectivity index (χ0v) is 18.2. The number of rotatable bonds is 6. The maximum atomic E-state index is 13.3. The van der Waals surface area contributed by atoms with Crippen LogP contribution in [0.25, 0.3) is 0 Å². The van der Waals surface area contributed by atoms with Crippen LogP contribution in [0.3, 0.4) is 0 Å². The summed E-state index contributed by atoms with van der Waals surface area (Å²) in [6, 6.07) is 5.07. The number of methoxy groups -OCH3 is 1. The van der Waals surface area contributed by atoms with Crippen LogP contribution in [0.2, 0.25) is 0 Å². The summed E-state index contributed by atoms with van der Waals surface area (Å²) in [5, 5.41) is 0. The van der Waals surface area contributed by atoms with Gasteiger partial charge in [-0.25, -0.2) is 16.8 Å². The number of piperidine rings is 1. The lowest BCUT2D eigenvalue weighted by molar-refractivity contribution is -0.144. The Labute approximate surface area is 178 Å². The molecule has 0 unspecified atom stereocenters. The second kappa shape index (κ2) is 9.05. The van der Waals surface area contributed by atoms with Crippen LogP contribution in [-0.2, 0) is 29.4 Å². The number of sulfone groups is 1. The van der Waals surface area contributed by atoms with E-state index in [1.54, 1.807) is 6.92 Å². The van der Waals surface area contributed by atoms with E-state index in [0.717, 1.165) is 7.11 Å². The molecular formula is C18H20F3NO7S2. The Kier molecular flexibility index (Phi) is 7.29. The normalized spacial score (nSPS) is 17.3. The molecule has 0 atom stereocenters. The van der Waals surface area contributed by atoms with E-state index in [1.165, 1.54) is 24.3 Å². The number of hydrogen-bond acceptors (Lipinski definition) is 7. The standard InChI is InChI=1S/C18H20F3NO7S2/c1-3-4-13-29-14-5-7-15(8-6-14)30(24,25)17(16(23)28-2)9-11-22(12-10-17)31(26,27)18(19,20)21/h5-8H,9-13H2,1-2H3. The Bertz CT molecular complexity index is 1080. The number of sulfonamides is 1. The SMILES string of the molecule is CC#CCOc1ccc(S(=O)(=O)C2(C(=O)OC)CCN(S(=O)(=O)C(F)(F)F)CC2)cc1. The van der Waals surface area contributed by atoms with Gasteiger partial charge < -0.3 is 9.47 Å². The fraction of sp³-hybridized carbons (Fsp3) is 0.500. The Hall–Kier alpha value is -2.30. The lowest BCUT2D eigenvalue weighted by atomic mass is 9.97. The molecule has 0 amide bonds. The van der Waals surface area contributed by atoms with E-state index in [0.29, 0.717) is 5.75 Å². The van der Waals surface area contributed by atoms with Crippen molar-refractivity contribution in [2.24, 2.45) is 0 Å². The van der Waals surface area contributed by atoms with E-state index in [2.05, 4.69) is 16.6 Å². The van der Waals surface area contributed by atoms with Gasteiger partial charge in [0.05, 0.1) is 12.0 Å². The third-order valence-electron chi connectivity index (χ3n) is 4.86. The van der Waals surface area contributed by atoms with Gasteiger partial charge in [-0.2, -0.15) is 17.5 Å². The quantitative estimate of drug-likeness (QED) is 0.448. The molecule has 13 heteroatoms. The minimum absolute atomic E-state index is 0.0816. The highest BCUT2D eigenvalue weighted by Crippen LogP contribution is 2.39. The van der Waals surface area contributed by atoms with Crippen molar-refractivity contribution in [1.29, 1.82) is 0 Å². The molecule has 31 heavy (non-hydrogen) atoms. The molecule has 1 aliphatic rings. The first-order valence-corrected chi connectivity index (χ1v) is 11.8. The van der Waals surface area contributed by atoms with Crippen molar-refractivity contribution in [3.8, 4) is 17.6 Å². The van der Waals surface area contributed by atoms with Gasteiger partial charge in [0.15, 0.2) is 14.6 Å². The molecule has 2 rings (SSSR count). The van der Waals surface area contributed by atoms with Gasteiger partial charge >= 0.3 is 21.5 Å². The number of carbonyl (C=O) groups is 1. The summed E-state index contributed by atoms with van der Waals surface area (Å²) in [5.74, 6) is 4.44. The van der Waals surface area contributed by atoms with Crippen molar-refractivity contribution < 1.29 is 44.3 Å². The second-order valence-electron chi connectivity index (χ2n) is 6.53. The van der Waals surface area contributed by atoms with E-state index >= 15 is 0 Å². The third-order valence-corrected chi connectivity index (χ3v) is 8.98. The smallest absolute Gasteiger partial charge is 0.481 e. The molecule has 1 aromatic carbocycles. The fourth-order valence-electron chi connectivity index (χ4n) is 3.13. The van der Waals surface area contributed by atoms with Crippen LogP contribution >= 0.6 is 0 Å². The predicted molar refractivity (Wildman–Crippen MR) is 103 cm³/mol. The van der Waals surface area contributed by atoms with Gasteiger partial charge in [0, 0.05) is 13.1 Å². The molecule has 8 nitrogen and oxygen atoms in total. The number of benzene rings is 1. The molecule has 0 saturated carbocycles. The molecule has 1 heterocycles. The minimum atomic E-state index is -5.65. The topological polar surface area (TPSA) is 107 Å². The lowest BCUT2D eigenvalue weighted by Crippen LogP contribution is -2.57. The molecule has 1 saturated heterocycles. The highest BCUT2D eigenvalue weighted by atomic mass is 32.2. The number of esters is 1. The third kappa shape index (κ3) is 4.65. The van der Waals surface area contributed by atoms with Gasteiger partial charge in [-0.3, -0.25) is 4.79 Å². The summed E-state index contributed by atoms with van der Waals surface area (Å²) in [4.78, 5) is 12.2. The summed E-state index contributed by atoms with van der Waals surface area (Å²) < 4.78 is 96.1. The van der Waals surface area contributed by atoms with Gasteiger partial charge in [0.25, 0.3) is 0 Å². The van der Waals surface area contributed by atoms with Crippen LogP contribution in [-0.4, -0.2) is 64.2 Å². The van der Waals surface area contributed by atoms with Crippen molar-refractivity contribution in [2.75, 3.05) is 26.8 Å². The molecule has 172 valence electrons. The fourth-order valence-corrected chi connectivity index (χ4v) is 6.06. The molecule has 0 aliphatic carbocycles. The molecule has 1 aliphatic heterocycles. The molecule has 0 bridgehead atoms. The highest BCUT2D eigenvalue weighted by Gasteiger charge is 2.58. The zero-order valence-electron chi connectivity index (χ0n) is 16.6. The van der Waals surface area contributed by atoms with Crippen molar-refractivity contribution in [3.63, 3.8) is 0 Å². The van der Waals surface area contributed by atoms with Crippen molar-refractivity contribution >= 4 is 25.8 Å². The Morgan fingerprint density at radius 1 is 1.13 bits per heavy atom. The largest absolute Gasteiger partial charge is 0.511 e. The van der Waals surface area contributed by atoms with Crippen LogP contribution in [0, 0.1) is 11.8 Å². The van der Waals surface area contributed by atoms with Crippen LogP contribution in [0.1, 0.15) is 19.8 Å². The summed E-state index contributed by atoms with van der Waals surface area (Å²) in [6.07, 6.45) is -1.39. The molecular weight excluding hydrogens is 463 g/mol. The van der Waals surface area contributed by atoms with Gasteiger partial charge in [-0.15, -0.1) is 5.92 Å². The summed E-state index contributed by atoms with van der Waals surface area (Å²) in [6.45, 7) is 0.0782. The molecule has 0 N–H and O–H groups in total. The van der Waals surface area contributed by atoms with E-state index in [-0.39, 0.29) is 15.8 Å². The van der Waals surface area contributed by atoms with E-state index in [1.807, 2.05) is 0 Å². The van der Waals surface area contributed by atoms with E-state index in [4.69, 9.17) is 4.74 Å². The first kappa shape index (κ1) is 25.0. The molecule has 0 radical (unpaired) electrons. The summed E-state index contributed by atoms with van der Waals surface area (Å²) >= 11 is 0. The maximum Gasteiger partial charge on any atom is 0.511 e. The van der Waals surface area contributed by atoms with Gasteiger partial charge in [0.1, 0.15) is 12.4 Å². The number of alkyl halides is 3. The average molecular weight is 483 g/mol. The minimum Gasteiger partial charge on any atom is -0.481 e. The Balaban J connectivity index is 2.36. The Morgan fingerprint density at radius 3 is 2.13 bits per heavy atom. The summed E-state index contributed by atoms with van der Waals surface area (Å²) in [5.41, 5.74) is -5.53. The first-order chi connectivity index (χ1) is 14.3. The summed E-state index contributed by atoms with van der Waals surface area (Å²) in [7, 11) is -9.14. The van der Waals surface area contributed by atoms with Crippen LogP contribution in [0.15, 0.2) is 29.2 Å². The monoisotopic (exact) mass is 483 g/mol. The number of halogens is 3. The first-order valence-electron chi connectivity index (χ1n) is 8.85. The number of hydrogen-bond donors (Lipinski definition) is 0. The van der Waals surface area contributed by atoms with Crippen molar-refractivity contribution in [2.45, 2.75) is 34.9 Å². The van der Waals surface area contributed by atoms with Crippen molar-refractivity contribution in [3.05, 3.63) is 24.3 Å². The molecule has 0 aromatic heterocycles. The van der Waals surface area contributed by atoms with Crippen LogP contribution < -0.4 is 4.74 Å². The predicted octanol–water partition coefficient (Wildman–Crippen LogP) is 1.72. The second-order valence-corrected chi connectivity index (χ2v) is 10.7. The van der Waals surface area contributed by atoms with Crippen molar-refractivity contribution in [1.82, 2.24) is 4.31 Å². The van der Waals surface area contributed by atoms with Gasteiger partial charge in [0.2, 0.25) is 0 Å². The molecule has 1 aromatic rings. The Morgan fingerprint density at radius 2 is 1.68 bits per heavy atom. The van der Waals surface area contributed by atoms with Gasteiger partial charge in [-0.05, 0) is 44.0 Å². The van der Waals surface area contributed by atoms with Crippen LogP contribution in [0.5, 0.6) is 5.75 Å². The zero-order chi connectivity index (χ0) is 23.5. The van der Waals surface area contributed by atoms with Crippen LogP contribution in [0.4, 0.5) is 13.2 Å². The molecule has 0 spiro atoms. The average Bonchev–Trinajstić information content (AvgIpc) is 2.72. The molecule has 1 fully saturated rings. The maximum absolute atomic E-state index is 13.3. The number of nitrogens with zero attached hydrogens (tertiary/aromatic N) is 1. The lowest BCUT2D eigenvalue weighted by Gasteiger charge is -2.38. The number of carbonyl (C=O) groups excluding carboxylic acids is 1. The number of ether oxygens (including phenoxy) is 2.